The zero-order valence-electron chi connectivity index (χ0n) is 5.91. The Balaban J connectivity index is 2.69. The van der Waals surface area contributed by atoms with Crippen LogP contribution in [0.1, 0.15) is 11.4 Å². The predicted molar refractivity (Wildman–Crippen MR) is 37.6 cm³/mol. The van der Waals surface area contributed by atoms with Gasteiger partial charge in [0.2, 0.25) is 0 Å². The van der Waals surface area contributed by atoms with Crippen molar-refractivity contribution in [1.82, 2.24) is 9.97 Å². The summed E-state index contributed by atoms with van der Waals surface area (Å²) in [7, 11) is 0. The molecule has 0 spiro atoms. The van der Waals surface area contributed by atoms with Crippen molar-refractivity contribution in [3.8, 4) is 0 Å². The molecular formula is C7H10N2O. The normalized spacial score (nSPS) is 9.80. The van der Waals surface area contributed by atoms with Crippen molar-refractivity contribution in [1.29, 1.82) is 0 Å². The van der Waals surface area contributed by atoms with E-state index in [-0.39, 0.29) is 6.61 Å². The summed E-state index contributed by atoms with van der Waals surface area (Å²) < 4.78 is 0. The van der Waals surface area contributed by atoms with Crippen LogP contribution >= 0.6 is 0 Å². The molecule has 0 amide bonds. The molecule has 0 saturated carbocycles. The minimum atomic E-state index is 0.114. The second-order valence-electron chi connectivity index (χ2n) is 2.15. The maximum Gasteiger partial charge on any atom is 0.130 e. The van der Waals surface area contributed by atoms with Crippen LogP contribution in [0.5, 0.6) is 0 Å². The molecule has 1 aromatic heterocycles. The first kappa shape index (κ1) is 7.15. The van der Waals surface area contributed by atoms with Crippen molar-refractivity contribution in [2.24, 2.45) is 0 Å². The summed E-state index contributed by atoms with van der Waals surface area (Å²) in [5.74, 6) is 0.702. The average molecular weight is 138 g/mol. The van der Waals surface area contributed by atoms with E-state index in [0.717, 1.165) is 5.56 Å². The van der Waals surface area contributed by atoms with Crippen molar-refractivity contribution in [2.75, 3.05) is 6.61 Å². The van der Waals surface area contributed by atoms with Gasteiger partial charge >= 0.3 is 0 Å². The van der Waals surface area contributed by atoms with Gasteiger partial charge < -0.3 is 5.11 Å². The van der Waals surface area contributed by atoms with Gasteiger partial charge in [-0.05, 0) is 12.5 Å². The van der Waals surface area contributed by atoms with Crippen LogP contribution in [0.2, 0.25) is 0 Å². The first-order valence-electron chi connectivity index (χ1n) is 3.21. The molecule has 0 aromatic carbocycles. The zero-order valence-corrected chi connectivity index (χ0v) is 5.91. The van der Waals surface area contributed by atoms with E-state index >= 15 is 0 Å². The highest BCUT2D eigenvalue weighted by Crippen LogP contribution is 1.92. The summed E-state index contributed by atoms with van der Waals surface area (Å²) in [6.45, 7) is 2.05. The van der Waals surface area contributed by atoms with Crippen LogP contribution in [0.15, 0.2) is 12.4 Å². The van der Waals surface area contributed by atoms with E-state index in [1.807, 2.05) is 6.92 Å². The fourth-order valence-corrected chi connectivity index (χ4v) is 0.648. The molecular weight excluding hydrogens is 128 g/mol. The summed E-state index contributed by atoms with van der Waals surface area (Å²) in [6.07, 6.45) is 4.04. The molecule has 1 heterocycles. The van der Waals surface area contributed by atoms with Crippen LogP contribution in [0.4, 0.5) is 0 Å². The van der Waals surface area contributed by atoms with Crippen molar-refractivity contribution in [3.05, 3.63) is 23.8 Å². The maximum absolute atomic E-state index is 8.51. The topological polar surface area (TPSA) is 46.0 Å². The summed E-state index contributed by atoms with van der Waals surface area (Å²) in [5.41, 5.74) is 1.04. The van der Waals surface area contributed by atoms with Crippen molar-refractivity contribution >= 4 is 0 Å². The summed E-state index contributed by atoms with van der Waals surface area (Å²) >= 11 is 0. The second kappa shape index (κ2) is 3.27. The average Bonchev–Trinajstić information content (AvgIpc) is 1.95. The summed E-state index contributed by atoms with van der Waals surface area (Å²) in [5, 5.41) is 8.51. The fraction of sp³-hybridized carbons (Fsp3) is 0.429. The van der Waals surface area contributed by atoms with Gasteiger partial charge in [-0.25, -0.2) is 9.97 Å². The van der Waals surface area contributed by atoms with Gasteiger partial charge in [0, 0.05) is 18.8 Å². The maximum atomic E-state index is 8.51. The Bertz CT molecular complexity index is 195. The fourth-order valence-electron chi connectivity index (χ4n) is 0.648. The minimum absolute atomic E-state index is 0.114. The standard InChI is InChI=1S/C7H10N2O/c1-6-4-8-7(2-3-10)9-5-6/h4-5,10H,2-3H2,1H3. The van der Waals surface area contributed by atoms with Crippen LogP contribution in [-0.4, -0.2) is 21.7 Å². The molecule has 0 aliphatic heterocycles. The largest absolute Gasteiger partial charge is 0.396 e. The highest BCUT2D eigenvalue weighted by molar-refractivity contribution is 5.01. The number of hydrogen-bond donors (Lipinski definition) is 1. The molecule has 1 aromatic rings. The van der Waals surface area contributed by atoms with E-state index in [1.54, 1.807) is 12.4 Å². The lowest BCUT2D eigenvalue weighted by Gasteiger charge is -1.94. The summed E-state index contributed by atoms with van der Waals surface area (Å²) in [4.78, 5) is 7.99. The lowest BCUT2D eigenvalue weighted by atomic mass is 10.3. The number of aromatic nitrogens is 2. The molecule has 0 bridgehead atoms. The number of rotatable bonds is 2. The SMILES string of the molecule is Cc1cnc(CCO)nc1. The Morgan fingerprint density at radius 3 is 2.50 bits per heavy atom. The van der Waals surface area contributed by atoms with Crippen LogP contribution in [0.25, 0.3) is 0 Å². The van der Waals surface area contributed by atoms with E-state index in [1.165, 1.54) is 0 Å². The Labute approximate surface area is 59.8 Å². The van der Waals surface area contributed by atoms with E-state index < -0.39 is 0 Å². The number of hydrogen-bond acceptors (Lipinski definition) is 3. The molecule has 0 atom stereocenters. The van der Waals surface area contributed by atoms with Crippen molar-refractivity contribution in [3.63, 3.8) is 0 Å². The van der Waals surface area contributed by atoms with E-state index in [9.17, 15) is 0 Å². The Kier molecular flexibility index (Phi) is 2.34. The van der Waals surface area contributed by atoms with Crippen LogP contribution in [-0.2, 0) is 6.42 Å². The molecule has 1 rings (SSSR count). The number of nitrogens with zero attached hydrogens (tertiary/aromatic N) is 2. The molecule has 54 valence electrons. The van der Waals surface area contributed by atoms with Crippen LogP contribution in [0.3, 0.4) is 0 Å². The van der Waals surface area contributed by atoms with E-state index in [4.69, 9.17) is 5.11 Å². The molecule has 1 N–H and O–H groups in total. The molecule has 0 fully saturated rings. The lowest BCUT2D eigenvalue weighted by Crippen LogP contribution is -1.97. The molecule has 0 radical (unpaired) electrons. The first-order chi connectivity index (χ1) is 4.83. The third-order valence-corrected chi connectivity index (χ3v) is 1.17. The van der Waals surface area contributed by atoms with E-state index in [0.29, 0.717) is 12.2 Å². The zero-order chi connectivity index (χ0) is 7.40. The molecule has 0 aliphatic rings. The van der Waals surface area contributed by atoms with Gasteiger partial charge in [0.15, 0.2) is 0 Å². The van der Waals surface area contributed by atoms with Gasteiger partial charge in [-0.3, -0.25) is 0 Å². The molecule has 3 heteroatoms. The number of aliphatic hydroxyl groups is 1. The molecule has 0 saturated heterocycles. The molecule has 10 heavy (non-hydrogen) atoms. The Morgan fingerprint density at radius 1 is 1.40 bits per heavy atom. The quantitative estimate of drug-likeness (QED) is 0.640. The smallest absolute Gasteiger partial charge is 0.130 e. The van der Waals surface area contributed by atoms with Gasteiger partial charge in [-0.2, -0.15) is 0 Å². The predicted octanol–water partition coefficient (Wildman–Crippen LogP) is 0.320. The van der Waals surface area contributed by atoms with Crippen LogP contribution < -0.4 is 0 Å². The van der Waals surface area contributed by atoms with Gasteiger partial charge in [0.1, 0.15) is 5.82 Å². The molecule has 3 nitrogen and oxygen atoms in total. The third-order valence-electron chi connectivity index (χ3n) is 1.17. The second-order valence-corrected chi connectivity index (χ2v) is 2.15. The van der Waals surface area contributed by atoms with Gasteiger partial charge in [0.05, 0.1) is 6.61 Å². The highest BCUT2D eigenvalue weighted by atomic mass is 16.3. The lowest BCUT2D eigenvalue weighted by molar-refractivity contribution is 0.296. The van der Waals surface area contributed by atoms with Gasteiger partial charge in [-0.1, -0.05) is 0 Å². The minimum Gasteiger partial charge on any atom is -0.396 e. The van der Waals surface area contributed by atoms with Crippen molar-refractivity contribution < 1.29 is 5.11 Å². The first-order valence-corrected chi connectivity index (χ1v) is 3.21. The van der Waals surface area contributed by atoms with E-state index in [2.05, 4.69) is 9.97 Å². The Morgan fingerprint density at radius 2 is 2.00 bits per heavy atom. The van der Waals surface area contributed by atoms with Crippen LogP contribution in [0, 0.1) is 6.92 Å². The third kappa shape index (κ3) is 1.77. The number of aryl methyl sites for hydroxylation is 1. The Hall–Kier alpha value is -0.960. The molecule has 0 aliphatic carbocycles. The molecule has 0 unspecified atom stereocenters. The monoisotopic (exact) mass is 138 g/mol. The van der Waals surface area contributed by atoms with Gasteiger partial charge in [-0.15, -0.1) is 0 Å². The summed E-state index contributed by atoms with van der Waals surface area (Å²) in [6, 6.07) is 0. The number of aliphatic hydroxyl groups excluding tert-OH is 1. The highest BCUT2D eigenvalue weighted by Gasteiger charge is 1.92. The van der Waals surface area contributed by atoms with Gasteiger partial charge in [0.25, 0.3) is 0 Å². The van der Waals surface area contributed by atoms with Crippen molar-refractivity contribution in [2.45, 2.75) is 13.3 Å².